The Morgan fingerprint density at radius 3 is 2.95 bits per heavy atom. The average molecular weight is 284 g/mol. The van der Waals surface area contributed by atoms with Crippen molar-refractivity contribution in [2.75, 3.05) is 18.0 Å². The van der Waals surface area contributed by atoms with Gasteiger partial charge in [0, 0.05) is 30.5 Å². The molecule has 1 aromatic carbocycles. The van der Waals surface area contributed by atoms with Gasteiger partial charge in [-0.25, -0.2) is 0 Å². The highest BCUT2D eigenvalue weighted by Gasteiger charge is 2.34. The van der Waals surface area contributed by atoms with Gasteiger partial charge < -0.3 is 10.6 Å². The fourth-order valence-corrected chi connectivity index (χ4v) is 3.00. The quantitative estimate of drug-likeness (QED) is 0.933. The summed E-state index contributed by atoms with van der Waals surface area (Å²) < 4.78 is 1.70. The molecule has 0 spiro atoms. The lowest BCUT2D eigenvalue weighted by molar-refractivity contribution is -0.121. The topological polar surface area (TPSA) is 64.2 Å². The lowest BCUT2D eigenvalue weighted by atomic mass is 9.98. The van der Waals surface area contributed by atoms with Crippen LogP contribution < -0.4 is 10.6 Å². The summed E-state index contributed by atoms with van der Waals surface area (Å²) in [5.74, 6) is 0.408. The number of benzene rings is 1. The van der Waals surface area contributed by atoms with E-state index in [0.717, 1.165) is 12.1 Å². The minimum Gasteiger partial charge on any atom is -0.330 e. The molecule has 3 rings (SSSR count). The van der Waals surface area contributed by atoms with Crippen LogP contribution in [0, 0.1) is 0 Å². The molecule has 0 bridgehead atoms. The highest BCUT2D eigenvalue weighted by atomic mass is 16.2. The molecule has 1 aliphatic heterocycles. The van der Waals surface area contributed by atoms with Crippen LogP contribution in [0.5, 0.6) is 0 Å². The number of nitrogens with two attached hydrogens (primary N) is 1. The molecule has 0 aliphatic carbocycles. The van der Waals surface area contributed by atoms with Gasteiger partial charge in [-0.2, -0.15) is 5.10 Å². The first-order valence-electron chi connectivity index (χ1n) is 7.32. The predicted molar refractivity (Wildman–Crippen MR) is 82.1 cm³/mol. The van der Waals surface area contributed by atoms with Crippen molar-refractivity contribution in [2.24, 2.45) is 5.73 Å². The summed E-state index contributed by atoms with van der Waals surface area (Å²) in [5.41, 5.74) is 7.95. The van der Waals surface area contributed by atoms with Crippen LogP contribution in [0.15, 0.2) is 42.7 Å². The van der Waals surface area contributed by atoms with E-state index in [-0.39, 0.29) is 11.9 Å². The van der Waals surface area contributed by atoms with Crippen molar-refractivity contribution in [1.29, 1.82) is 0 Å². The van der Waals surface area contributed by atoms with Crippen LogP contribution in [0.4, 0.5) is 5.69 Å². The van der Waals surface area contributed by atoms with Crippen molar-refractivity contribution >= 4 is 11.6 Å². The Kier molecular flexibility index (Phi) is 3.75. The minimum atomic E-state index is -0.301. The lowest BCUT2D eigenvalue weighted by Gasteiger charge is -2.22. The highest BCUT2D eigenvalue weighted by molar-refractivity contribution is 5.98. The van der Waals surface area contributed by atoms with Crippen molar-refractivity contribution in [2.45, 2.75) is 25.3 Å². The Balaban J connectivity index is 1.88. The molecule has 1 aromatic heterocycles. The van der Waals surface area contributed by atoms with Gasteiger partial charge in [-0.3, -0.25) is 9.48 Å². The van der Waals surface area contributed by atoms with E-state index >= 15 is 0 Å². The van der Waals surface area contributed by atoms with Crippen LogP contribution >= 0.6 is 0 Å². The van der Waals surface area contributed by atoms with Crippen molar-refractivity contribution in [3.8, 4) is 0 Å². The maximum Gasteiger partial charge on any atom is 0.251 e. The van der Waals surface area contributed by atoms with Crippen LogP contribution in [-0.4, -0.2) is 28.8 Å². The van der Waals surface area contributed by atoms with Gasteiger partial charge in [0.1, 0.15) is 6.04 Å². The Morgan fingerprint density at radius 2 is 2.24 bits per heavy atom. The number of rotatable bonds is 4. The summed E-state index contributed by atoms with van der Waals surface area (Å²) in [6.45, 7) is 3.23. The normalized spacial score (nSPS) is 18.6. The third kappa shape index (κ3) is 2.45. The van der Waals surface area contributed by atoms with E-state index in [0.29, 0.717) is 19.0 Å². The second-order valence-electron chi connectivity index (χ2n) is 5.44. The molecule has 2 unspecified atom stereocenters. The predicted octanol–water partition coefficient (Wildman–Crippen LogP) is 1.92. The highest BCUT2D eigenvalue weighted by Crippen LogP contribution is 2.38. The van der Waals surface area contributed by atoms with E-state index in [4.69, 9.17) is 5.73 Å². The molecule has 2 heterocycles. The smallest absolute Gasteiger partial charge is 0.251 e. The standard InChI is InChI=1S/C16H20N4O/c1-12(20-10-4-9-18-20)16(21)19-11-13(7-8-17)14-5-2-3-6-15(14)19/h2-6,9-10,12-13H,7-8,11,17H2,1H3. The van der Waals surface area contributed by atoms with Crippen molar-refractivity contribution < 1.29 is 4.79 Å². The van der Waals surface area contributed by atoms with Gasteiger partial charge in [0.05, 0.1) is 0 Å². The van der Waals surface area contributed by atoms with Gasteiger partial charge in [-0.05, 0) is 37.6 Å². The first-order valence-corrected chi connectivity index (χ1v) is 7.32. The molecule has 2 aromatic rings. The molecule has 2 atom stereocenters. The van der Waals surface area contributed by atoms with Crippen molar-refractivity contribution in [1.82, 2.24) is 9.78 Å². The molecule has 0 saturated heterocycles. The number of carbonyl (C=O) groups is 1. The third-order valence-electron chi connectivity index (χ3n) is 4.13. The molecular weight excluding hydrogens is 264 g/mol. The Bertz CT molecular complexity index is 623. The third-order valence-corrected chi connectivity index (χ3v) is 4.13. The number of para-hydroxylation sites is 1. The maximum atomic E-state index is 12.8. The monoisotopic (exact) mass is 284 g/mol. The summed E-state index contributed by atoms with van der Waals surface area (Å²) in [6.07, 6.45) is 4.41. The Labute approximate surface area is 124 Å². The number of anilines is 1. The summed E-state index contributed by atoms with van der Waals surface area (Å²) in [7, 11) is 0. The van der Waals surface area contributed by atoms with E-state index < -0.39 is 0 Å². The Hall–Kier alpha value is -2.14. The van der Waals surface area contributed by atoms with Crippen LogP contribution in [0.2, 0.25) is 0 Å². The lowest BCUT2D eigenvalue weighted by Crippen LogP contribution is -2.36. The van der Waals surface area contributed by atoms with E-state index in [2.05, 4.69) is 11.2 Å². The SMILES string of the molecule is CC(C(=O)N1CC(CCN)c2ccccc21)n1cccn1. The summed E-state index contributed by atoms with van der Waals surface area (Å²) in [6, 6.07) is 9.64. The van der Waals surface area contributed by atoms with Crippen LogP contribution in [0.1, 0.15) is 30.9 Å². The molecule has 0 fully saturated rings. The van der Waals surface area contributed by atoms with Crippen molar-refractivity contribution in [3.63, 3.8) is 0 Å². The first-order chi connectivity index (χ1) is 10.2. The fraction of sp³-hybridized carbons (Fsp3) is 0.375. The number of hydrogen-bond donors (Lipinski definition) is 1. The molecular formula is C16H20N4O. The van der Waals surface area contributed by atoms with E-state index in [9.17, 15) is 4.79 Å². The second-order valence-corrected chi connectivity index (χ2v) is 5.44. The van der Waals surface area contributed by atoms with Gasteiger partial charge in [0.15, 0.2) is 0 Å². The summed E-state index contributed by atoms with van der Waals surface area (Å²) in [5, 5.41) is 4.17. The summed E-state index contributed by atoms with van der Waals surface area (Å²) in [4.78, 5) is 14.7. The van der Waals surface area contributed by atoms with Gasteiger partial charge in [0.25, 0.3) is 5.91 Å². The molecule has 5 heteroatoms. The zero-order chi connectivity index (χ0) is 14.8. The molecule has 0 saturated carbocycles. The van der Waals surface area contributed by atoms with E-state index in [1.54, 1.807) is 10.9 Å². The van der Waals surface area contributed by atoms with E-state index in [1.807, 2.05) is 42.3 Å². The molecule has 5 nitrogen and oxygen atoms in total. The summed E-state index contributed by atoms with van der Waals surface area (Å²) >= 11 is 0. The van der Waals surface area contributed by atoms with Crippen LogP contribution in [0.25, 0.3) is 0 Å². The van der Waals surface area contributed by atoms with Crippen LogP contribution in [-0.2, 0) is 4.79 Å². The molecule has 1 aliphatic rings. The first kappa shape index (κ1) is 13.8. The van der Waals surface area contributed by atoms with Gasteiger partial charge in [0.2, 0.25) is 0 Å². The average Bonchev–Trinajstić information content (AvgIpc) is 3.15. The van der Waals surface area contributed by atoms with Gasteiger partial charge in [-0.15, -0.1) is 0 Å². The zero-order valence-corrected chi connectivity index (χ0v) is 12.1. The van der Waals surface area contributed by atoms with E-state index in [1.165, 1.54) is 5.56 Å². The van der Waals surface area contributed by atoms with Gasteiger partial charge >= 0.3 is 0 Å². The number of nitrogens with zero attached hydrogens (tertiary/aromatic N) is 3. The minimum absolute atomic E-state index is 0.0747. The molecule has 2 N–H and O–H groups in total. The fourth-order valence-electron chi connectivity index (χ4n) is 3.00. The molecule has 1 amide bonds. The molecule has 21 heavy (non-hydrogen) atoms. The number of amides is 1. The number of carbonyl (C=O) groups excluding carboxylic acids is 1. The molecule has 110 valence electrons. The Morgan fingerprint density at radius 1 is 1.43 bits per heavy atom. The number of fused-ring (bicyclic) bond motifs is 1. The van der Waals surface area contributed by atoms with Crippen LogP contribution in [0.3, 0.4) is 0 Å². The van der Waals surface area contributed by atoms with Gasteiger partial charge in [-0.1, -0.05) is 18.2 Å². The zero-order valence-electron chi connectivity index (χ0n) is 12.1. The maximum absolute atomic E-state index is 12.8. The second kappa shape index (κ2) is 5.69. The van der Waals surface area contributed by atoms with Crippen molar-refractivity contribution in [3.05, 3.63) is 48.3 Å². The number of hydrogen-bond acceptors (Lipinski definition) is 3. The number of aromatic nitrogens is 2. The molecule has 0 radical (unpaired) electrons. The largest absolute Gasteiger partial charge is 0.330 e.